The lowest BCUT2D eigenvalue weighted by molar-refractivity contribution is -0.123. The number of carbonyl (C=O) groups is 1. The van der Waals surface area contributed by atoms with E-state index in [-0.39, 0.29) is 6.29 Å². The Hall–Kier alpha value is -0.710. The van der Waals surface area contributed by atoms with Crippen molar-refractivity contribution >= 4 is 22.2 Å². The molecule has 0 aliphatic heterocycles. The first-order valence-electron chi connectivity index (χ1n) is 5.58. The molecule has 0 bridgehead atoms. The van der Waals surface area contributed by atoms with Gasteiger partial charge in [0.25, 0.3) is 0 Å². The molecule has 0 heterocycles. The van der Waals surface area contributed by atoms with Crippen LogP contribution < -0.4 is 0 Å². The molecule has 0 radical (unpaired) electrons. The van der Waals surface area contributed by atoms with Crippen molar-refractivity contribution in [1.82, 2.24) is 0 Å². The Morgan fingerprint density at radius 3 is 2.00 bits per heavy atom. The molecule has 0 fully saturated rings. The minimum atomic E-state index is -0.0370. The van der Waals surface area contributed by atoms with Crippen LogP contribution in [0.25, 0.3) is 0 Å². The second-order valence-corrected chi connectivity index (χ2v) is 4.06. The summed E-state index contributed by atoms with van der Waals surface area (Å²) in [5, 5.41) is 0. The average Bonchev–Trinajstić information content (AvgIpc) is 2.32. The Bertz CT molecular complexity index is 292. The Labute approximate surface area is 111 Å². The minimum Gasteiger partial charge on any atom is -0.353 e. The van der Waals surface area contributed by atoms with Crippen molar-refractivity contribution < 1.29 is 14.3 Å². The van der Waals surface area contributed by atoms with Crippen molar-refractivity contribution in [2.75, 3.05) is 13.2 Å². The SMILES string of the molecule is CCOC(C)OCC.O=Cc1ccc(Br)cc1. The van der Waals surface area contributed by atoms with Crippen molar-refractivity contribution in [3.05, 3.63) is 34.3 Å². The van der Waals surface area contributed by atoms with Crippen LogP contribution in [-0.4, -0.2) is 25.8 Å². The standard InChI is InChI=1S/C7H5BrO.C6H14O2/c8-7-3-1-6(5-9)2-4-7;1-4-7-6(3)8-5-2/h1-5H;6H,4-5H2,1-3H3. The molecular formula is C13H19BrO3. The summed E-state index contributed by atoms with van der Waals surface area (Å²) in [7, 11) is 0. The van der Waals surface area contributed by atoms with E-state index < -0.39 is 0 Å². The molecule has 4 heteroatoms. The van der Waals surface area contributed by atoms with Gasteiger partial charge in [0.05, 0.1) is 0 Å². The molecule has 1 aromatic carbocycles. The number of aldehydes is 1. The molecule has 0 aromatic heterocycles. The summed E-state index contributed by atoms with van der Waals surface area (Å²) in [5.41, 5.74) is 0.707. The van der Waals surface area contributed by atoms with E-state index in [9.17, 15) is 4.79 Å². The summed E-state index contributed by atoms with van der Waals surface area (Å²) in [6.45, 7) is 7.25. The highest BCUT2D eigenvalue weighted by Crippen LogP contribution is 2.08. The van der Waals surface area contributed by atoms with Crippen LogP contribution in [0.3, 0.4) is 0 Å². The van der Waals surface area contributed by atoms with Gasteiger partial charge in [0.2, 0.25) is 0 Å². The molecule has 0 spiro atoms. The number of benzene rings is 1. The monoisotopic (exact) mass is 302 g/mol. The van der Waals surface area contributed by atoms with E-state index in [0.29, 0.717) is 5.56 Å². The molecule has 17 heavy (non-hydrogen) atoms. The van der Waals surface area contributed by atoms with Crippen LogP contribution in [0, 0.1) is 0 Å². The summed E-state index contributed by atoms with van der Waals surface area (Å²) in [5.74, 6) is 0. The molecular weight excluding hydrogens is 284 g/mol. The average molecular weight is 303 g/mol. The maximum Gasteiger partial charge on any atom is 0.154 e. The van der Waals surface area contributed by atoms with Crippen LogP contribution in [0.15, 0.2) is 28.7 Å². The topological polar surface area (TPSA) is 35.5 Å². The zero-order valence-corrected chi connectivity index (χ0v) is 12.1. The van der Waals surface area contributed by atoms with E-state index >= 15 is 0 Å². The van der Waals surface area contributed by atoms with Crippen LogP contribution in [0.1, 0.15) is 31.1 Å². The van der Waals surface area contributed by atoms with Gasteiger partial charge in [-0.05, 0) is 32.9 Å². The van der Waals surface area contributed by atoms with Gasteiger partial charge >= 0.3 is 0 Å². The molecule has 0 amide bonds. The fourth-order valence-electron chi connectivity index (χ4n) is 1.06. The Morgan fingerprint density at radius 1 is 1.18 bits per heavy atom. The maximum absolute atomic E-state index is 10.1. The predicted octanol–water partition coefficient (Wildman–Crippen LogP) is 3.67. The predicted molar refractivity (Wildman–Crippen MR) is 72.2 cm³/mol. The highest BCUT2D eigenvalue weighted by Gasteiger charge is 1.94. The van der Waals surface area contributed by atoms with Gasteiger partial charge in [-0.3, -0.25) is 4.79 Å². The maximum atomic E-state index is 10.1. The fraction of sp³-hybridized carbons (Fsp3) is 0.462. The van der Waals surface area contributed by atoms with E-state index in [0.717, 1.165) is 24.0 Å². The largest absolute Gasteiger partial charge is 0.353 e. The van der Waals surface area contributed by atoms with Gasteiger partial charge in [0.1, 0.15) is 6.29 Å². The molecule has 0 unspecified atom stereocenters. The summed E-state index contributed by atoms with van der Waals surface area (Å²) in [6, 6.07) is 7.20. The van der Waals surface area contributed by atoms with Gasteiger partial charge in [0.15, 0.2) is 6.29 Å². The molecule has 1 aromatic rings. The van der Waals surface area contributed by atoms with Crippen molar-refractivity contribution in [3.63, 3.8) is 0 Å². The number of ether oxygens (including phenoxy) is 2. The van der Waals surface area contributed by atoms with E-state index in [1.165, 1.54) is 0 Å². The molecule has 3 nitrogen and oxygen atoms in total. The summed E-state index contributed by atoms with van der Waals surface area (Å²) in [4.78, 5) is 10.1. The zero-order chi connectivity index (χ0) is 13.1. The minimum absolute atomic E-state index is 0.0370. The van der Waals surface area contributed by atoms with Crippen molar-refractivity contribution in [3.8, 4) is 0 Å². The first-order valence-corrected chi connectivity index (χ1v) is 6.37. The molecule has 0 aliphatic rings. The van der Waals surface area contributed by atoms with Gasteiger partial charge in [-0.15, -0.1) is 0 Å². The summed E-state index contributed by atoms with van der Waals surface area (Å²) in [6.07, 6.45) is 0.789. The Balaban J connectivity index is 0.000000304. The highest BCUT2D eigenvalue weighted by molar-refractivity contribution is 9.10. The molecule has 0 saturated carbocycles. The van der Waals surface area contributed by atoms with Crippen LogP contribution in [0.4, 0.5) is 0 Å². The summed E-state index contributed by atoms with van der Waals surface area (Å²) < 4.78 is 11.1. The molecule has 0 aliphatic carbocycles. The van der Waals surface area contributed by atoms with Crippen LogP contribution in [0.5, 0.6) is 0 Å². The van der Waals surface area contributed by atoms with Crippen LogP contribution in [0.2, 0.25) is 0 Å². The first kappa shape index (κ1) is 16.3. The molecule has 96 valence electrons. The van der Waals surface area contributed by atoms with Crippen molar-refractivity contribution in [2.45, 2.75) is 27.1 Å². The van der Waals surface area contributed by atoms with Gasteiger partial charge in [-0.2, -0.15) is 0 Å². The summed E-state index contributed by atoms with van der Waals surface area (Å²) >= 11 is 3.26. The fourth-order valence-corrected chi connectivity index (χ4v) is 1.32. The van der Waals surface area contributed by atoms with Gasteiger partial charge < -0.3 is 9.47 Å². The number of rotatable bonds is 5. The molecule has 1 rings (SSSR count). The number of halogens is 1. The highest BCUT2D eigenvalue weighted by atomic mass is 79.9. The Kier molecular flexibility index (Phi) is 10.0. The lowest BCUT2D eigenvalue weighted by Gasteiger charge is -2.09. The lowest BCUT2D eigenvalue weighted by Crippen LogP contribution is -2.11. The Morgan fingerprint density at radius 2 is 1.65 bits per heavy atom. The van der Waals surface area contributed by atoms with Gasteiger partial charge in [-0.25, -0.2) is 0 Å². The van der Waals surface area contributed by atoms with Gasteiger partial charge in [0, 0.05) is 23.2 Å². The van der Waals surface area contributed by atoms with E-state index in [1.807, 2.05) is 32.9 Å². The molecule has 0 saturated heterocycles. The van der Waals surface area contributed by atoms with Crippen molar-refractivity contribution in [2.24, 2.45) is 0 Å². The molecule has 0 N–H and O–H groups in total. The third kappa shape index (κ3) is 9.03. The quantitative estimate of drug-likeness (QED) is 0.615. The third-order valence-electron chi connectivity index (χ3n) is 1.81. The smallest absolute Gasteiger partial charge is 0.154 e. The lowest BCUT2D eigenvalue weighted by atomic mass is 10.2. The second-order valence-electron chi connectivity index (χ2n) is 3.15. The number of hydrogen-bond acceptors (Lipinski definition) is 3. The van der Waals surface area contributed by atoms with Gasteiger partial charge in [-0.1, -0.05) is 28.1 Å². The van der Waals surface area contributed by atoms with E-state index in [1.54, 1.807) is 12.1 Å². The van der Waals surface area contributed by atoms with Crippen molar-refractivity contribution in [1.29, 1.82) is 0 Å². The van der Waals surface area contributed by atoms with Crippen LogP contribution in [-0.2, 0) is 9.47 Å². The zero-order valence-electron chi connectivity index (χ0n) is 10.5. The van der Waals surface area contributed by atoms with E-state index in [2.05, 4.69) is 15.9 Å². The third-order valence-corrected chi connectivity index (χ3v) is 2.34. The normalized spacial score (nSPS) is 9.71. The molecule has 0 atom stereocenters. The number of hydrogen-bond donors (Lipinski definition) is 0. The van der Waals surface area contributed by atoms with Crippen LogP contribution >= 0.6 is 15.9 Å². The second kappa shape index (κ2) is 10.4. The number of carbonyl (C=O) groups excluding carboxylic acids is 1. The van der Waals surface area contributed by atoms with E-state index in [4.69, 9.17) is 9.47 Å². The first-order chi connectivity index (χ1) is 8.13.